The number of nitrogens with one attached hydrogen (secondary N) is 3. The fourth-order valence-electron chi connectivity index (χ4n) is 3.32. The summed E-state index contributed by atoms with van der Waals surface area (Å²) in [6, 6.07) is 9.47. The number of hydrogen-bond donors (Lipinski definition) is 3. The van der Waals surface area contributed by atoms with Crippen LogP contribution in [0.5, 0.6) is 0 Å². The van der Waals surface area contributed by atoms with E-state index in [0.717, 1.165) is 37.4 Å². The highest BCUT2D eigenvalue weighted by Gasteiger charge is 2.18. The van der Waals surface area contributed by atoms with Crippen LogP contribution < -0.4 is 15.5 Å². The second-order valence-electron chi connectivity index (χ2n) is 7.79. The van der Waals surface area contributed by atoms with Gasteiger partial charge in [-0.05, 0) is 33.0 Å². The summed E-state index contributed by atoms with van der Waals surface area (Å²) >= 11 is 0. The molecule has 0 aliphatic carbocycles. The van der Waals surface area contributed by atoms with Crippen LogP contribution in [0.15, 0.2) is 30.3 Å². The summed E-state index contributed by atoms with van der Waals surface area (Å²) < 4.78 is 0. The Balaban J connectivity index is 1.38. The van der Waals surface area contributed by atoms with Crippen LogP contribution in [0, 0.1) is 13.8 Å². The van der Waals surface area contributed by atoms with Crippen LogP contribution in [0.1, 0.15) is 17.1 Å². The Morgan fingerprint density at radius 2 is 1.81 bits per heavy atom. The number of benzene rings is 1. The van der Waals surface area contributed by atoms with E-state index in [2.05, 4.69) is 52.6 Å². The summed E-state index contributed by atoms with van der Waals surface area (Å²) in [7, 11) is 2.11. The minimum Gasteiger partial charge on any atom is -0.338 e. The van der Waals surface area contributed by atoms with Gasteiger partial charge < -0.3 is 20.4 Å². The average molecular weight is 422 g/mol. The Morgan fingerprint density at radius 1 is 1.06 bits per heavy atom. The first-order valence-corrected chi connectivity index (χ1v) is 10.3. The molecule has 10 heteroatoms. The number of nitrogens with zero attached hydrogens (tertiary/aromatic N) is 6. The van der Waals surface area contributed by atoms with Crippen LogP contribution in [0.2, 0.25) is 0 Å². The highest BCUT2D eigenvalue weighted by molar-refractivity contribution is 5.92. The van der Waals surface area contributed by atoms with Gasteiger partial charge in [0.15, 0.2) is 5.82 Å². The van der Waals surface area contributed by atoms with E-state index in [4.69, 9.17) is 0 Å². The van der Waals surface area contributed by atoms with Crippen molar-refractivity contribution in [3.8, 4) is 0 Å². The topological polar surface area (TPSA) is 115 Å². The normalized spacial score (nSPS) is 14.5. The summed E-state index contributed by atoms with van der Waals surface area (Å²) in [6.45, 7) is 7.55. The maximum absolute atomic E-state index is 12.3. The molecule has 3 aromatic rings. The van der Waals surface area contributed by atoms with Crippen molar-refractivity contribution in [3.05, 3.63) is 47.4 Å². The summed E-state index contributed by atoms with van der Waals surface area (Å²) in [5, 5.41) is 13.1. The van der Waals surface area contributed by atoms with Crippen molar-refractivity contribution in [2.24, 2.45) is 0 Å². The van der Waals surface area contributed by atoms with Gasteiger partial charge in [0.1, 0.15) is 5.82 Å². The number of hydrogen-bond acceptors (Lipinski definition) is 8. The first-order chi connectivity index (χ1) is 14.9. The van der Waals surface area contributed by atoms with Gasteiger partial charge >= 0.3 is 0 Å². The molecule has 1 fully saturated rings. The number of amides is 1. The monoisotopic (exact) mass is 421 g/mol. The molecular formula is C21H27N9O. The molecule has 0 saturated carbocycles. The second kappa shape index (κ2) is 9.09. The summed E-state index contributed by atoms with van der Waals surface area (Å²) in [6.07, 6.45) is 0.186. The molecule has 10 nitrogen and oxygen atoms in total. The number of likely N-dealkylation sites (N-methyl/N-ethyl adjacent to an activating group) is 1. The molecule has 0 bridgehead atoms. The molecule has 1 aromatic carbocycles. The lowest BCUT2D eigenvalue weighted by Crippen LogP contribution is -2.45. The van der Waals surface area contributed by atoms with E-state index < -0.39 is 0 Å². The third kappa shape index (κ3) is 5.54. The number of piperazine rings is 1. The molecule has 2 aromatic heterocycles. The Bertz CT molecular complexity index is 1040. The van der Waals surface area contributed by atoms with Gasteiger partial charge in [-0.15, -0.1) is 0 Å². The number of anilines is 4. The molecule has 1 aliphatic heterocycles. The lowest BCUT2D eigenvalue weighted by Gasteiger charge is -2.32. The number of carbonyl (C=O) groups is 1. The van der Waals surface area contributed by atoms with Gasteiger partial charge in [0.05, 0.1) is 6.42 Å². The van der Waals surface area contributed by atoms with Crippen molar-refractivity contribution in [1.29, 1.82) is 0 Å². The van der Waals surface area contributed by atoms with Gasteiger partial charge in [-0.2, -0.15) is 20.1 Å². The Labute approximate surface area is 181 Å². The van der Waals surface area contributed by atoms with Crippen molar-refractivity contribution in [2.75, 3.05) is 48.8 Å². The predicted molar refractivity (Wildman–Crippen MR) is 120 cm³/mol. The van der Waals surface area contributed by atoms with Crippen LogP contribution >= 0.6 is 0 Å². The van der Waals surface area contributed by atoms with E-state index in [1.807, 2.05) is 38.1 Å². The summed E-state index contributed by atoms with van der Waals surface area (Å²) in [5.41, 5.74) is 2.61. The smallest absolute Gasteiger partial charge is 0.233 e. The van der Waals surface area contributed by atoms with Crippen LogP contribution in [-0.2, 0) is 11.2 Å². The van der Waals surface area contributed by atoms with Gasteiger partial charge in [-0.25, -0.2) is 0 Å². The Kier molecular flexibility index (Phi) is 6.08. The Morgan fingerprint density at radius 3 is 2.55 bits per heavy atom. The summed E-state index contributed by atoms with van der Waals surface area (Å²) in [5.74, 6) is 2.17. The van der Waals surface area contributed by atoms with E-state index in [9.17, 15) is 4.79 Å². The first-order valence-electron chi connectivity index (χ1n) is 10.3. The van der Waals surface area contributed by atoms with Crippen LogP contribution in [0.25, 0.3) is 0 Å². The minimum absolute atomic E-state index is 0.118. The molecular weight excluding hydrogens is 394 g/mol. The van der Waals surface area contributed by atoms with Gasteiger partial charge in [0.2, 0.25) is 17.8 Å². The average Bonchev–Trinajstić information content (AvgIpc) is 3.16. The third-order valence-electron chi connectivity index (χ3n) is 5.08. The van der Waals surface area contributed by atoms with Gasteiger partial charge in [-0.1, -0.05) is 17.7 Å². The maximum Gasteiger partial charge on any atom is 0.233 e. The highest BCUT2D eigenvalue weighted by atomic mass is 16.1. The number of aromatic nitrogens is 5. The molecule has 1 aliphatic rings. The standard InChI is InChI=1S/C21H27N9O/c1-14-4-6-16(7-5-14)24-19(31)13-17-12-18(28-27-17)25-20-22-15(2)23-21(26-20)30-10-8-29(3)9-11-30/h4-7,12H,8-11,13H2,1-3H3,(H,24,31)(H2,22,23,25,26,27,28). The molecule has 162 valence electrons. The highest BCUT2D eigenvalue weighted by Crippen LogP contribution is 2.17. The molecule has 3 heterocycles. The lowest BCUT2D eigenvalue weighted by molar-refractivity contribution is -0.115. The lowest BCUT2D eigenvalue weighted by atomic mass is 10.2. The Hall–Kier alpha value is -3.53. The van der Waals surface area contributed by atoms with E-state index >= 15 is 0 Å². The first kappa shape index (κ1) is 20.7. The molecule has 3 N–H and O–H groups in total. The quantitative estimate of drug-likeness (QED) is 0.553. The van der Waals surface area contributed by atoms with Crippen molar-refractivity contribution in [2.45, 2.75) is 20.3 Å². The zero-order valence-corrected chi connectivity index (χ0v) is 18.0. The van der Waals surface area contributed by atoms with E-state index in [0.29, 0.717) is 29.2 Å². The van der Waals surface area contributed by atoms with E-state index in [-0.39, 0.29) is 12.3 Å². The van der Waals surface area contributed by atoms with E-state index in [1.54, 1.807) is 6.07 Å². The van der Waals surface area contributed by atoms with Crippen molar-refractivity contribution in [3.63, 3.8) is 0 Å². The number of aryl methyl sites for hydroxylation is 2. The molecule has 4 rings (SSSR count). The fraction of sp³-hybridized carbons (Fsp3) is 0.381. The van der Waals surface area contributed by atoms with Gasteiger partial charge in [0.25, 0.3) is 0 Å². The number of aromatic amines is 1. The minimum atomic E-state index is -0.118. The molecule has 1 amide bonds. The van der Waals surface area contributed by atoms with Crippen LogP contribution in [-0.4, -0.2) is 69.2 Å². The number of carbonyl (C=O) groups excluding carboxylic acids is 1. The predicted octanol–water partition coefficient (Wildman–Crippen LogP) is 1.89. The van der Waals surface area contributed by atoms with Crippen molar-refractivity contribution >= 4 is 29.3 Å². The molecule has 0 unspecified atom stereocenters. The second-order valence-corrected chi connectivity index (χ2v) is 7.79. The van der Waals surface area contributed by atoms with Gasteiger partial charge in [0, 0.05) is 43.6 Å². The third-order valence-corrected chi connectivity index (χ3v) is 5.08. The zero-order valence-electron chi connectivity index (χ0n) is 18.0. The largest absolute Gasteiger partial charge is 0.338 e. The molecule has 1 saturated heterocycles. The number of H-pyrrole nitrogens is 1. The maximum atomic E-state index is 12.3. The zero-order chi connectivity index (χ0) is 21.8. The van der Waals surface area contributed by atoms with Gasteiger partial charge in [-0.3, -0.25) is 9.89 Å². The van der Waals surface area contributed by atoms with Crippen LogP contribution in [0.3, 0.4) is 0 Å². The molecule has 31 heavy (non-hydrogen) atoms. The van der Waals surface area contributed by atoms with Crippen LogP contribution in [0.4, 0.5) is 23.4 Å². The molecule has 0 spiro atoms. The SMILES string of the molecule is Cc1ccc(NC(=O)Cc2cc(Nc3nc(C)nc(N4CCN(C)CC4)n3)n[nH]2)cc1. The molecule has 0 atom stereocenters. The summed E-state index contributed by atoms with van der Waals surface area (Å²) in [4.78, 5) is 30.1. The van der Waals surface area contributed by atoms with Crippen molar-refractivity contribution in [1.82, 2.24) is 30.0 Å². The van der Waals surface area contributed by atoms with Crippen molar-refractivity contribution < 1.29 is 4.79 Å². The fourth-order valence-corrected chi connectivity index (χ4v) is 3.32. The molecule has 0 radical (unpaired) electrons. The van der Waals surface area contributed by atoms with E-state index in [1.165, 1.54) is 0 Å². The number of rotatable bonds is 6.